The predicted octanol–water partition coefficient (Wildman–Crippen LogP) is 1.10. The average Bonchev–Trinajstić information content (AvgIpc) is 2.38. The Bertz CT molecular complexity index is 440. The molecule has 0 aromatic heterocycles. The van der Waals surface area contributed by atoms with Crippen LogP contribution in [0.15, 0.2) is 23.2 Å². The third-order valence-corrected chi connectivity index (χ3v) is 2.31. The van der Waals surface area contributed by atoms with E-state index in [0.29, 0.717) is 18.3 Å². The lowest BCUT2D eigenvalue weighted by atomic mass is 10.3. The van der Waals surface area contributed by atoms with Gasteiger partial charge in [-0.15, -0.1) is 0 Å². The Hall–Kier alpha value is -1.86. The molecule has 6 nitrogen and oxygen atoms in total. The van der Waals surface area contributed by atoms with Crippen LogP contribution in [0.3, 0.4) is 0 Å². The quantitative estimate of drug-likeness (QED) is 0.323. The largest absolute Gasteiger partial charge is 0.494 e. The molecule has 7 heteroatoms. The van der Waals surface area contributed by atoms with Crippen molar-refractivity contribution in [1.29, 1.82) is 0 Å². The molecule has 0 aliphatic carbocycles. The number of hydrazine groups is 1. The average molecular weight is 270 g/mol. The second-order valence-corrected chi connectivity index (χ2v) is 3.90. The van der Waals surface area contributed by atoms with Gasteiger partial charge in [-0.1, -0.05) is 0 Å². The van der Waals surface area contributed by atoms with Crippen LogP contribution in [0.4, 0.5) is 10.1 Å². The molecular formula is C12H19FN4O2. The molecule has 0 radical (unpaired) electrons. The number of nitrogens with two attached hydrogens (primary N) is 1. The van der Waals surface area contributed by atoms with Crippen LogP contribution in [-0.4, -0.2) is 32.8 Å². The number of nitrogens with one attached hydrogen (secondary N) is 2. The smallest absolute Gasteiger partial charge is 0.210 e. The minimum absolute atomic E-state index is 0.0772. The van der Waals surface area contributed by atoms with E-state index in [1.165, 1.54) is 19.2 Å². The van der Waals surface area contributed by atoms with Crippen molar-refractivity contribution in [2.45, 2.75) is 13.0 Å². The van der Waals surface area contributed by atoms with Gasteiger partial charge in [0.2, 0.25) is 5.96 Å². The lowest BCUT2D eigenvalue weighted by molar-refractivity contribution is 0.185. The molecule has 0 aliphatic heterocycles. The van der Waals surface area contributed by atoms with Crippen LogP contribution in [0, 0.1) is 5.82 Å². The van der Waals surface area contributed by atoms with E-state index >= 15 is 0 Å². The molecule has 0 amide bonds. The second kappa shape index (κ2) is 7.55. The van der Waals surface area contributed by atoms with E-state index < -0.39 is 5.82 Å². The van der Waals surface area contributed by atoms with Gasteiger partial charge in [-0.05, 0) is 19.1 Å². The van der Waals surface area contributed by atoms with E-state index in [0.717, 1.165) is 0 Å². The summed E-state index contributed by atoms with van der Waals surface area (Å²) in [6.07, 6.45) is 0. The SMILES string of the molecule is COCC(C)N=C(NN)Nc1ccc(OC)c(F)c1. The van der Waals surface area contributed by atoms with Crippen molar-refractivity contribution < 1.29 is 13.9 Å². The molecular weight excluding hydrogens is 251 g/mol. The zero-order chi connectivity index (χ0) is 14.3. The van der Waals surface area contributed by atoms with Crippen LogP contribution in [-0.2, 0) is 4.74 Å². The van der Waals surface area contributed by atoms with Crippen molar-refractivity contribution in [3.05, 3.63) is 24.0 Å². The van der Waals surface area contributed by atoms with Crippen molar-refractivity contribution in [2.24, 2.45) is 10.8 Å². The summed E-state index contributed by atoms with van der Waals surface area (Å²) in [5, 5.41) is 2.87. The Morgan fingerprint density at radius 1 is 1.47 bits per heavy atom. The van der Waals surface area contributed by atoms with Gasteiger partial charge in [0.05, 0.1) is 19.8 Å². The van der Waals surface area contributed by atoms with Crippen LogP contribution < -0.4 is 21.3 Å². The highest BCUT2D eigenvalue weighted by molar-refractivity contribution is 5.93. The normalized spacial score (nSPS) is 13.0. The number of benzene rings is 1. The Morgan fingerprint density at radius 3 is 2.74 bits per heavy atom. The molecule has 0 bridgehead atoms. The third-order valence-electron chi connectivity index (χ3n) is 2.31. The summed E-state index contributed by atoms with van der Waals surface area (Å²) < 4.78 is 23.3. The van der Waals surface area contributed by atoms with Crippen molar-refractivity contribution in [2.75, 3.05) is 26.1 Å². The summed E-state index contributed by atoms with van der Waals surface area (Å²) in [5.74, 6) is 5.40. The fourth-order valence-electron chi connectivity index (χ4n) is 1.49. The molecule has 0 heterocycles. The Balaban J connectivity index is 2.78. The van der Waals surface area contributed by atoms with Crippen LogP contribution in [0.25, 0.3) is 0 Å². The summed E-state index contributed by atoms with van der Waals surface area (Å²) in [5.41, 5.74) is 2.93. The molecule has 4 N–H and O–H groups in total. The summed E-state index contributed by atoms with van der Waals surface area (Å²) in [6.45, 7) is 2.33. The summed E-state index contributed by atoms with van der Waals surface area (Å²) >= 11 is 0. The molecule has 1 atom stereocenters. The standard InChI is InChI=1S/C12H19FN4O2/c1-8(7-18-2)15-12(17-14)16-9-4-5-11(19-3)10(13)6-9/h4-6,8H,7,14H2,1-3H3,(H2,15,16,17). The topological polar surface area (TPSA) is 80.9 Å². The third kappa shape index (κ3) is 4.72. The summed E-state index contributed by atoms with van der Waals surface area (Å²) in [7, 11) is 3.00. The molecule has 0 spiro atoms. The maximum atomic E-state index is 13.5. The van der Waals surface area contributed by atoms with E-state index in [-0.39, 0.29) is 11.8 Å². The van der Waals surface area contributed by atoms with E-state index in [9.17, 15) is 4.39 Å². The highest BCUT2D eigenvalue weighted by Crippen LogP contribution is 2.20. The van der Waals surface area contributed by atoms with Crippen molar-refractivity contribution in [3.63, 3.8) is 0 Å². The Morgan fingerprint density at radius 2 is 2.21 bits per heavy atom. The molecule has 1 rings (SSSR count). The lowest BCUT2D eigenvalue weighted by Gasteiger charge is -2.12. The van der Waals surface area contributed by atoms with Gasteiger partial charge < -0.3 is 14.8 Å². The molecule has 0 aliphatic rings. The summed E-state index contributed by atoms with van der Waals surface area (Å²) in [6, 6.07) is 4.40. The van der Waals surface area contributed by atoms with Gasteiger partial charge in [-0.25, -0.2) is 15.2 Å². The number of hydrogen-bond acceptors (Lipinski definition) is 4. The van der Waals surface area contributed by atoms with E-state index in [2.05, 4.69) is 15.7 Å². The van der Waals surface area contributed by atoms with Gasteiger partial charge in [0.25, 0.3) is 0 Å². The van der Waals surface area contributed by atoms with Gasteiger partial charge in [-0.2, -0.15) is 0 Å². The van der Waals surface area contributed by atoms with Crippen molar-refractivity contribution in [3.8, 4) is 5.75 Å². The fraction of sp³-hybridized carbons (Fsp3) is 0.417. The minimum Gasteiger partial charge on any atom is -0.494 e. The summed E-state index contributed by atoms with van der Waals surface area (Å²) in [4.78, 5) is 4.24. The number of hydrogen-bond donors (Lipinski definition) is 3. The zero-order valence-corrected chi connectivity index (χ0v) is 11.2. The number of guanidine groups is 1. The van der Waals surface area contributed by atoms with E-state index in [1.54, 1.807) is 13.2 Å². The fourth-order valence-corrected chi connectivity index (χ4v) is 1.49. The molecule has 0 saturated carbocycles. The Kier molecular flexibility index (Phi) is 6.04. The highest BCUT2D eigenvalue weighted by atomic mass is 19.1. The molecule has 19 heavy (non-hydrogen) atoms. The zero-order valence-electron chi connectivity index (χ0n) is 11.2. The molecule has 0 saturated heterocycles. The number of methoxy groups -OCH3 is 2. The first kappa shape index (κ1) is 15.2. The van der Waals surface area contributed by atoms with Crippen LogP contribution in [0.5, 0.6) is 5.75 Å². The predicted molar refractivity (Wildman–Crippen MR) is 72.7 cm³/mol. The molecule has 0 fully saturated rings. The van der Waals surface area contributed by atoms with Crippen LogP contribution in [0.1, 0.15) is 6.92 Å². The molecule has 1 aromatic carbocycles. The number of aliphatic imine (C=N–C) groups is 1. The molecule has 1 unspecified atom stereocenters. The van der Waals surface area contributed by atoms with Gasteiger partial charge >= 0.3 is 0 Å². The number of halogens is 1. The van der Waals surface area contributed by atoms with Gasteiger partial charge in [0.1, 0.15) is 0 Å². The minimum atomic E-state index is -0.464. The first-order valence-electron chi connectivity index (χ1n) is 5.74. The van der Waals surface area contributed by atoms with E-state index in [1.807, 2.05) is 6.92 Å². The number of nitrogens with zero attached hydrogens (tertiary/aromatic N) is 1. The molecule has 106 valence electrons. The lowest BCUT2D eigenvalue weighted by Crippen LogP contribution is -2.37. The highest BCUT2D eigenvalue weighted by Gasteiger charge is 2.06. The Labute approximate surface area is 111 Å². The maximum absolute atomic E-state index is 13.5. The number of rotatable bonds is 5. The second-order valence-electron chi connectivity index (χ2n) is 3.90. The number of ether oxygens (including phenoxy) is 2. The van der Waals surface area contributed by atoms with Crippen molar-refractivity contribution >= 4 is 11.6 Å². The maximum Gasteiger partial charge on any atom is 0.210 e. The van der Waals surface area contributed by atoms with Crippen LogP contribution >= 0.6 is 0 Å². The molecule has 1 aromatic rings. The van der Waals surface area contributed by atoms with Gasteiger partial charge in [0, 0.05) is 18.9 Å². The van der Waals surface area contributed by atoms with Crippen molar-refractivity contribution in [1.82, 2.24) is 5.43 Å². The van der Waals surface area contributed by atoms with Crippen LogP contribution in [0.2, 0.25) is 0 Å². The number of anilines is 1. The van der Waals surface area contributed by atoms with E-state index in [4.69, 9.17) is 15.3 Å². The monoisotopic (exact) mass is 270 g/mol. The van der Waals surface area contributed by atoms with Gasteiger partial charge in [-0.3, -0.25) is 5.43 Å². The first-order chi connectivity index (χ1) is 9.10. The first-order valence-corrected chi connectivity index (χ1v) is 5.74. The van der Waals surface area contributed by atoms with Gasteiger partial charge in [0.15, 0.2) is 11.6 Å².